The van der Waals surface area contributed by atoms with Crippen LogP contribution in [0.3, 0.4) is 0 Å². The fourth-order valence-electron chi connectivity index (χ4n) is 2.47. The minimum atomic E-state index is 0.00999. The van der Waals surface area contributed by atoms with Crippen molar-refractivity contribution in [1.29, 1.82) is 0 Å². The van der Waals surface area contributed by atoms with Gasteiger partial charge in [-0.25, -0.2) is 4.68 Å². The van der Waals surface area contributed by atoms with Gasteiger partial charge in [0.15, 0.2) is 0 Å². The molecule has 0 spiro atoms. The van der Waals surface area contributed by atoms with E-state index in [4.69, 9.17) is 4.74 Å². The van der Waals surface area contributed by atoms with Gasteiger partial charge in [0.2, 0.25) is 0 Å². The van der Waals surface area contributed by atoms with Gasteiger partial charge in [0, 0.05) is 11.5 Å². The Morgan fingerprint density at radius 3 is 2.48 bits per heavy atom. The lowest BCUT2D eigenvalue weighted by Crippen LogP contribution is -2.22. The summed E-state index contributed by atoms with van der Waals surface area (Å²) >= 11 is 3.46. The molecule has 21 heavy (non-hydrogen) atoms. The smallest absolute Gasteiger partial charge is 0.276 e. The Balaban J connectivity index is 2.08. The molecule has 0 atom stereocenters. The standard InChI is InChI=1S/C16H15BrN2O2/c1-18-14-5-3-4-13(17)15(14)16(20)19(18)10-11-6-8-12(21-2)9-7-11/h3-9H,10H2,1-2H3. The van der Waals surface area contributed by atoms with E-state index < -0.39 is 0 Å². The molecule has 0 unspecified atom stereocenters. The molecule has 0 saturated carbocycles. The van der Waals surface area contributed by atoms with Crippen LogP contribution in [0.4, 0.5) is 0 Å². The third-order valence-electron chi connectivity index (χ3n) is 3.64. The van der Waals surface area contributed by atoms with Crippen molar-refractivity contribution in [3.63, 3.8) is 0 Å². The highest BCUT2D eigenvalue weighted by Gasteiger charge is 2.13. The van der Waals surface area contributed by atoms with Crippen LogP contribution in [-0.2, 0) is 13.6 Å². The van der Waals surface area contributed by atoms with Gasteiger partial charge in [0.1, 0.15) is 5.75 Å². The van der Waals surface area contributed by atoms with Crippen molar-refractivity contribution in [2.45, 2.75) is 6.54 Å². The van der Waals surface area contributed by atoms with Crippen molar-refractivity contribution in [3.8, 4) is 5.75 Å². The van der Waals surface area contributed by atoms with Crippen LogP contribution in [-0.4, -0.2) is 16.5 Å². The van der Waals surface area contributed by atoms with Gasteiger partial charge in [-0.3, -0.25) is 9.48 Å². The van der Waals surface area contributed by atoms with Crippen molar-refractivity contribution in [2.75, 3.05) is 7.11 Å². The SMILES string of the molecule is COc1ccc(Cn2c(=O)c3c(Br)cccc3n2C)cc1. The van der Waals surface area contributed by atoms with Crippen LogP contribution in [0, 0.1) is 0 Å². The molecule has 0 aliphatic rings. The maximum absolute atomic E-state index is 12.6. The average Bonchev–Trinajstić information content (AvgIpc) is 2.74. The topological polar surface area (TPSA) is 36.2 Å². The number of hydrogen-bond acceptors (Lipinski definition) is 2. The predicted molar refractivity (Wildman–Crippen MR) is 87.0 cm³/mol. The number of aryl methyl sites for hydroxylation is 1. The average molecular weight is 347 g/mol. The lowest BCUT2D eigenvalue weighted by atomic mass is 10.2. The largest absolute Gasteiger partial charge is 0.497 e. The fourth-order valence-corrected chi connectivity index (χ4v) is 3.00. The van der Waals surface area contributed by atoms with Crippen molar-refractivity contribution in [3.05, 3.63) is 62.9 Å². The molecule has 0 saturated heterocycles. The van der Waals surface area contributed by atoms with E-state index in [9.17, 15) is 4.79 Å². The summed E-state index contributed by atoms with van der Waals surface area (Å²) in [7, 11) is 3.54. The Morgan fingerprint density at radius 2 is 1.86 bits per heavy atom. The molecule has 0 fully saturated rings. The van der Waals surface area contributed by atoms with Gasteiger partial charge in [-0.15, -0.1) is 0 Å². The summed E-state index contributed by atoms with van der Waals surface area (Å²) in [6.45, 7) is 0.528. The summed E-state index contributed by atoms with van der Waals surface area (Å²) < 4.78 is 9.61. The zero-order valence-electron chi connectivity index (χ0n) is 11.8. The maximum Gasteiger partial charge on any atom is 0.276 e. The van der Waals surface area contributed by atoms with Gasteiger partial charge in [0.05, 0.1) is 24.6 Å². The van der Waals surface area contributed by atoms with Gasteiger partial charge >= 0.3 is 0 Å². The molecule has 5 heteroatoms. The summed E-state index contributed by atoms with van der Waals surface area (Å²) in [5.41, 5.74) is 1.98. The first-order chi connectivity index (χ1) is 10.1. The van der Waals surface area contributed by atoms with Crippen LogP contribution in [0.15, 0.2) is 51.7 Å². The lowest BCUT2D eigenvalue weighted by molar-refractivity contribution is 0.414. The zero-order chi connectivity index (χ0) is 15.0. The first-order valence-electron chi connectivity index (χ1n) is 6.59. The second kappa shape index (κ2) is 5.41. The summed E-state index contributed by atoms with van der Waals surface area (Å²) in [6.07, 6.45) is 0. The Hall–Kier alpha value is -2.01. The molecule has 1 heterocycles. The van der Waals surface area contributed by atoms with Gasteiger partial charge < -0.3 is 4.74 Å². The van der Waals surface area contributed by atoms with Gasteiger partial charge in [-0.05, 0) is 45.8 Å². The molecule has 0 amide bonds. The number of ether oxygens (including phenoxy) is 1. The highest BCUT2D eigenvalue weighted by Crippen LogP contribution is 2.21. The molecular formula is C16H15BrN2O2. The Labute approximate surface area is 130 Å². The van der Waals surface area contributed by atoms with Crippen LogP contribution < -0.4 is 10.3 Å². The normalized spacial score (nSPS) is 11.0. The van der Waals surface area contributed by atoms with E-state index in [-0.39, 0.29) is 5.56 Å². The van der Waals surface area contributed by atoms with E-state index in [1.54, 1.807) is 11.8 Å². The van der Waals surface area contributed by atoms with Crippen LogP contribution in [0.2, 0.25) is 0 Å². The third-order valence-corrected chi connectivity index (χ3v) is 4.30. The van der Waals surface area contributed by atoms with Crippen molar-refractivity contribution in [1.82, 2.24) is 9.36 Å². The van der Waals surface area contributed by atoms with E-state index >= 15 is 0 Å². The second-order valence-electron chi connectivity index (χ2n) is 4.87. The molecule has 4 nitrogen and oxygen atoms in total. The quantitative estimate of drug-likeness (QED) is 0.730. The molecule has 3 aromatic rings. The van der Waals surface area contributed by atoms with E-state index in [1.807, 2.05) is 54.2 Å². The number of halogens is 1. The number of aromatic nitrogens is 2. The van der Waals surface area contributed by atoms with Gasteiger partial charge in [-0.1, -0.05) is 18.2 Å². The Bertz CT molecular complexity index is 847. The van der Waals surface area contributed by atoms with Crippen molar-refractivity contribution >= 4 is 26.8 Å². The minimum Gasteiger partial charge on any atom is -0.497 e. The molecule has 0 N–H and O–H groups in total. The number of benzene rings is 2. The molecular weight excluding hydrogens is 332 g/mol. The molecule has 0 aliphatic heterocycles. The number of nitrogens with zero attached hydrogens (tertiary/aromatic N) is 2. The Morgan fingerprint density at radius 1 is 1.14 bits per heavy atom. The fraction of sp³-hybridized carbons (Fsp3) is 0.188. The van der Waals surface area contributed by atoms with Crippen LogP contribution in [0.1, 0.15) is 5.56 Å². The molecule has 1 aromatic heterocycles. The monoisotopic (exact) mass is 346 g/mol. The number of methoxy groups -OCH3 is 1. The second-order valence-corrected chi connectivity index (χ2v) is 5.72. The van der Waals surface area contributed by atoms with E-state index in [0.29, 0.717) is 11.9 Å². The van der Waals surface area contributed by atoms with Crippen molar-refractivity contribution in [2.24, 2.45) is 7.05 Å². The predicted octanol–water partition coefficient (Wildman–Crippen LogP) is 3.16. The molecule has 3 rings (SSSR count). The van der Waals surface area contributed by atoms with E-state index in [1.165, 1.54) is 0 Å². The van der Waals surface area contributed by atoms with Gasteiger partial charge in [0.25, 0.3) is 5.56 Å². The molecule has 0 aliphatic carbocycles. The summed E-state index contributed by atoms with van der Waals surface area (Å²) in [5, 5.41) is 0.716. The number of fused-ring (bicyclic) bond motifs is 1. The summed E-state index contributed by atoms with van der Waals surface area (Å²) in [4.78, 5) is 12.6. The highest BCUT2D eigenvalue weighted by molar-refractivity contribution is 9.10. The highest BCUT2D eigenvalue weighted by atomic mass is 79.9. The van der Waals surface area contributed by atoms with Gasteiger partial charge in [-0.2, -0.15) is 0 Å². The summed E-state index contributed by atoms with van der Waals surface area (Å²) in [5.74, 6) is 0.811. The molecule has 0 bridgehead atoms. The van der Waals surface area contributed by atoms with E-state index in [0.717, 1.165) is 21.3 Å². The summed E-state index contributed by atoms with van der Waals surface area (Å²) in [6, 6.07) is 13.5. The number of hydrogen-bond donors (Lipinski definition) is 0. The molecule has 2 aromatic carbocycles. The zero-order valence-corrected chi connectivity index (χ0v) is 13.4. The minimum absolute atomic E-state index is 0.00999. The van der Waals surface area contributed by atoms with Crippen LogP contribution in [0.25, 0.3) is 10.9 Å². The van der Waals surface area contributed by atoms with Crippen LogP contribution in [0.5, 0.6) is 5.75 Å². The lowest BCUT2D eigenvalue weighted by Gasteiger charge is -2.08. The molecule has 0 radical (unpaired) electrons. The third kappa shape index (κ3) is 2.38. The van der Waals surface area contributed by atoms with E-state index in [2.05, 4.69) is 15.9 Å². The van der Waals surface area contributed by atoms with Crippen molar-refractivity contribution < 1.29 is 4.74 Å². The number of rotatable bonds is 3. The first-order valence-corrected chi connectivity index (χ1v) is 7.38. The first kappa shape index (κ1) is 13.9. The molecule has 108 valence electrons. The van der Waals surface area contributed by atoms with Crippen LogP contribution >= 0.6 is 15.9 Å². The Kier molecular flexibility index (Phi) is 3.59. The maximum atomic E-state index is 12.6.